The van der Waals surface area contributed by atoms with Crippen molar-refractivity contribution >= 4 is 17.0 Å². The zero-order valence-electron chi connectivity index (χ0n) is 11.2. The standard InChI is InChI=1S/C16H14N2O2/c1-17-13-9-5-6-10-14(13)18(15(17)16(19)20)11-12-7-3-2-4-8-12/h2-10H,11H2,1H3/p+1. The van der Waals surface area contributed by atoms with Crippen molar-refractivity contribution in [1.29, 1.82) is 0 Å². The molecule has 0 saturated carbocycles. The van der Waals surface area contributed by atoms with E-state index in [-0.39, 0.29) is 5.82 Å². The van der Waals surface area contributed by atoms with Crippen molar-refractivity contribution in [2.75, 3.05) is 0 Å². The first-order valence-electron chi connectivity index (χ1n) is 6.43. The predicted octanol–water partition coefficient (Wildman–Crippen LogP) is 2.21. The summed E-state index contributed by atoms with van der Waals surface area (Å²) in [6.07, 6.45) is 0. The molecule has 2 aromatic carbocycles. The second kappa shape index (κ2) is 4.81. The van der Waals surface area contributed by atoms with Crippen molar-refractivity contribution in [3.63, 3.8) is 0 Å². The lowest BCUT2D eigenvalue weighted by atomic mass is 10.2. The van der Waals surface area contributed by atoms with Gasteiger partial charge in [-0.2, -0.15) is 0 Å². The van der Waals surface area contributed by atoms with Crippen LogP contribution in [0.3, 0.4) is 0 Å². The third-order valence-corrected chi connectivity index (χ3v) is 3.48. The monoisotopic (exact) mass is 267 g/mol. The van der Waals surface area contributed by atoms with Crippen molar-refractivity contribution in [2.24, 2.45) is 7.05 Å². The van der Waals surface area contributed by atoms with Crippen LogP contribution in [0, 0.1) is 0 Å². The first kappa shape index (κ1) is 12.4. The van der Waals surface area contributed by atoms with Crippen LogP contribution in [0.5, 0.6) is 0 Å². The Balaban J connectivity index is 2.22. The van der Waals surface area contributed by atoms with Gasteiger partial charge in [-0.25, -0.2) is 13.9 Å². The van der Waals surface area contributed by atoms with Gasteiger partial charge >= 0.3 is 11.8 Å². The van der Waals surface area contributed by atoms with Gasteiger partial charge in [-0.05, 0) is 17.7 Å². The van der Waals surface area contributed by atoms with Gasteiger partial charge in [0.25, 0.3) is 0 Å². The molecule has 0 amide bonds. The summed E-state index contributed by atoms with van der Waals surface area (Å²) in [5.74, 6) is -0.630. The molecule has 1 heterocycles. The Labute approximate surface area is 116 Å². The molecule has 3 rings (SSSR count). The molecule has 1 N–H and O–H groups in total. The van der Waals surface area contributed by atoms with Crippen LogP contribution in [-0.2, 0) is 13.6 Å². The molecule has 0 saturated heterocycles. The van der Waals surface area contributed by atoms with E-state index < -0.39 is 5.97 Å². The Morgan fingerprint density at radius 2 is 1.75 bits per heavy atom. The number of carbonyl (C=O) groups is 1. The molecule has 100 valence electrons. The molecule has 0 aliphatic rings. The third kappa shape index (κ3) is 1.95. The fourth-order valence-electron chi connectivity index (χ4n) is 2.57. The quantitative estimate of drug-likeness (QED) is 0.740. The fraction of sp³-hybridized carbons (Fsp3) is 0.125. The fourth-order valence-corrected chi connectivity index (χ4v) is 2.57. The highest BCUT2D eigenvalue weighted by atomic mass is 16.4. The predicted molar refractivity (Wildman–Crippen MR) is 75.6 cm³/mol. The molecule has 1 aromatic heterocycles. The van der Waals surface area contributed by atoms with Crippen LogP contribution in [0.25, 0.3) is 11.0 Å². The molecule has 0 aliphatic heterocycles. The summed E-state index contributed by atoms with van der Waals surface area (Å²) in [4.78, 5) is 11.6. The number of nitrogens with zero attached hydrogens (tertiary/aromatic N) is 2. The minimum absolute atomic E-state index is 0.287. The van der Waals surface area contributed by atoms with Crippen LogP contribution >= 0.6 is 0 Å². The van der Waals surface area contributed by atoms with E-state index in [1.54, 1.807) is 11.6 Å². The lowest BCUT2D eigenvalue weighted by Gasteiger charge is -2.00. The van der Waals surface area contributed by atoms with Crippen LogP contribution in [-0.4, -0.2) is 15.6 Å². The van der Waals surface area contributed by atoms with Crippen molar-refractivity contribution in [3.8, 4) is 0 Å². The van der Waals surface area contributed by atoms with Crippen LogP contribution in [0.4, 0.5) is 0 Å². The maximum absolute atomic E-state index is 11.6. The summed E-state index contributed by atoms with van der Waals surface area (Å²) >= 11 is 0. The van der Waals surface area contributed by atoms with E-state index in [0.717, 1.165) is 16.6 Å². The van der Waals surface area contributed by atoms with Crippen LogP contribution in [0.2, 0.25) is 0 Å². The second-order valence-corrected chi connectivity index (χ2v) is 4.75. The van der Waals surface area contributed by atoms with Gasteiger partial charge in [-0.15, -0.1) is 0 Å². The normalized spacial score (nSPS) is 10.8. The molecule has 20 heavy (non-hydrogen) atoms. The van der Waals surface area contributed by atoms with Crippen molar-refractivity contribution in [1.82, 2.24) is 4.57 Å². The van der Waals surface area contributed by atoms with E-state index in [1.165, 1.54) is 0 Å². The third-order valence-electron chi connectivity index (χ3n) is 3.48. The maximum atomic E-state index is 11.6. The topological polar surface area (TPSA) is 46.1 Å². The molecule has 3 aromatic rings. The molecular weight excluding hydrogens is 252 g/mol. The first-order chi connectivity index (χ1) is 9.68. The number of hydrogen-bond acceptors (Lipinski definition) is 1. The number of hydrogen-bond donors (Lipinski definition) is 1. The number of aryl methyl sites for hydroxylation is 1. The van der Waals surface area contributed by atoms with Crippen LogP contribution in [0.1, 0.15) is 16.2 Å². The van der Waals surface area contributed by atoms with Gasteiger partial charge < -0.3 is 5.11 Å². The highest BCUT2D eigenvalue weighted by molar-refractivity contribution is 5.86. The van der Waals surface area contributed by atoms with Gasteiger partial charge in [0.2, 0.25) is 0 Å². The molecule has 0 atom stereocenters. The average molecular weight is 267 g/mol. The van der Waals surface area contributed by atoms with E-state index in [1.807, 2.05) is 59.2 Å². The van der Waals surface area contributed by atoms with E-state index in [0.29, 0.717) is 6.54 Å². The van der Waals surface area contributed by atoms with Gasteiger partial charge in [0.05, 0.1) is 7.05 Å². The van der Waals surface area contributed by atoms with Crippen LogP contribution in [0.15, 0.2) is 54.6 Å². The molecule has 4 nitrogen and oxygen atoms in total. The molecule has 0 spiro atoms. The largest absolute Gasteiger partial charge is 0.472 e. The molecular formula is C16H15N2O2+. The number of carboxylic acid groups (broad SMARTS) is 1. The minimum Gasteiger partial charge on any atom is -0.472 e. The minimum atomic E-state index is -0.917. The lowest BCUT2D eigenvalue weighted by Crippen LogP contribution is -2.36. The van der Waals surface area contributed by atoms with Crippen molar-refractivity contribution in [3.05, 3.63) is 66.0 Å². The number of benzene rings is 2. The van der Waals surface area contributed by atoms with E-state index >= 15 is 0 Å². The molecule has 0 unspecified atom stereocenters. The zero-order valence-corrected chi connectivity index (χ0v) is 11.2. The zero-order chi connectivity index (χ0) is 14.1. The Hall–Kier alpha value is -2.62. The van der Waals surface area contributed by atoms with E-state index in [9.17, 15) is 9.90 Å². The summed E-state index contributed by atoms with van der Waals surface area (Å²) in [7, 11) is 1.78. The maximum Gasteiger partial charge on any atom is 0.419 e. The number of imidazole rings is 1. The number of aromatic nitrogens is 2. The number of carboxylic acids is 1. The Morgan fingerprint density at radius 3 is 2.45 bits per heavy atom. The first-order valence-corrected chi connectivity index (χ1v) is 6.43. The Morgan fingerprint density at radius 1 is 1.10 bits per heavy atom. The molecule has 0 radical (unpaired) electrons. The van der Waals surface area contributed by atoms with Gasteiger partial charge in [0.1, 0.15) is 6.54 Å². The van der Waals surface area contributed by atoms with E-state index in [2.05, 4.69) is 0 Å². The highest BCUT2D eigenvalue weighted by Gasteiger charge is 2.28. The second-order valence-electron chi connectivity index (χ2n) is 4.75. The number of rotatable bonds is 3. The van der Waals surface area contributed by atoms with Gasteiger partial charge in [-0.3, -0.25) is 0 Å². The number of para-hydroxylation sites is 2. The number of aromatic carboxylic acids is 1. The molecule has 0 aliphatic carbocycles. The molecule has 0 bridgehead atoms. The molecule has 4 heteroatoms. The van der Waals surface area contributed by atoms with Gasteiger partial charge in [0, 0.05) is 0 Å². The summed E-state index contributed by atoms with van der Waals surface area (Å²) in [5.41, 5.74) is 2.92. The smallest absolute Gasteiger partial charge is 0.419 e. The lowest BCUT2D eigenvalue weighted by molar-refractivity contribution is -0.648. The van der Waals surface area contributed by atoms with Gasteiger partial charge in [0.15, 0.2) is 11.0 Å². The average Bonchev–Trinajstić information content (AvgIpc) is 2.74. The van der Waals surface area contributed by atoms with Crippen molar-refractivity contribution < 1.29 is 14.5 Å². The number of fused-ring (bicyclic) bond motifs is 1. The summed E-state index contributed by atoms with van der Waals surface area (Å²) < 4.78 is 3.56. The van der Waals surface area contributed by atoms with E-state index in [4.69, 9.17) is 0 Å². The molecule has 0 fully saturated rings. The Kier molecular flexibility index (Phi) is 2.99. The highest BCUT2D eigenvalue weighted by Crippen LogP contribution is 2.16. The van der Waals surface area contributed by atoms with Gasteiger partial charge in [-0.1, -0.05) is 42.5 Å². The SMILES string of the molecule is C[n+]1c(C(=O)O)n(Cc2ccccc2)c2ccccc21. The summed E-state index contributed by atoms with van der Waals surface area (Å²) in [5, 5.41) is 9.48. The summed E-state index contributed by atoms with van der Waals surface area (Å²) in [6, 6.07) is 17.6. The Bertz CT molecular complexity index is 776. The van der Waals surface area contributed by atoms with Crippen LogP contribution < -0.4 is 4.57 Å². The summed E-state index contributed by atoms with van der Waals surface area (Å²) in [6.45, 7) is 0.545. The van der Waals surface area contributed by atoms with Crippen molar-refractivity contribution in [2.45, 2.75) is 6.54 Å².